The minimum absolute atomic E-state index is 0.129. The van der Waals surface area contributed by atoms with E-state index in [1.165, 1.54) is 29.5 Å². The number of alkyl halides is 1. The third-order valence-corrected chi connectivity index (χ3v) is 6.17. The molecule has 3 N–H and O–H groups in total. The zero-order valence-corrected chi connectivity index (χ0v) is 19.4. The van der Waals surface area contributed by atoms with Gasteiger partial charge < -0.3 is 25.2 Å². The molecule has 3 atom stereocenters. The fourth-order valence-electron chi connectivity index (χ4n) is 3.63. The van der Waals surface area contributed by atoms with Crippen LogP contribution in [0, 0.1) is 11.3 Å². The molecule has 1 aliphatic rings. The minimum atomic E-state index is -1.52. The molecule has 3 aromatic rings. The molecule has 1 aromatic carbocycles. The topological polar surface area (TPSA) is 157 Å². The van der Waals surface area contributed by atoms with E-state index in [1.807, 2.05) is 0 Å². The number of nitrogens with one attached hydrogen (secondary N) is 1. The van der Waals surface area contributed by atoms with Crippen LogP contribution < -0.4 is 10.1 Å². The van der Waals surface area contributed by atoms with Crippen molar-refractivity contribution in [2.24, 2.45) is 0 Å². The van der Waals surface area contributed by atoms with E-state index < -0.39 is 24.3 Å². The van der Waals surface area contributed by atoms with Gasteiger partial charge in [-0.05, 0) is 19.1 Å². The average Bonchev–Trinajstić information content (AvgIpc) is 3.31. The molecule has 1 unspecified atom stereocenters. The molecule has 13 heteroatoms. The molecular formula is C22H22FN7O4S. The van der Waals surface area contributed by atoms with Crippen molar-refractivity contribution >= 4 is 28.2 Å². The molecule has 4 rings (SSSR count). The van der Waals surface area contributed by atoms with Gasteiger partial charge in [-0.1, -0.05) is 6.07 Å². The molecule has 35 heavy (non-hydrogen) atoms. The van der Waals surface area contributed by atoms with Gasteiger partial charge in [0.1, 0.15) is 41.0 Å². The number of carbonyl (C=O) groups excluding carboxylic acids is 1. The summed E-state index contributed by atoms with van der Waals surface area (Å²) in [7, 11) is 0. The molecule has 1 saturated heterocycles. The van der Waals surface area contributed by atoms with Gasteiger partial charge in [-0.25, -0.2) is 19.3 Å². The Labute approximate surface area is 203 Å². The first-order valence-corrected chi connectivity index (χ1v) is 11.6. The number of thiazole rings is 1. The lowest BCUT2D eigenvalue weighted by atomic mass is 10.0. The minimum Gasteiger partial charge on any atom is -0.485 e. The Morgan fingerprint density at radius 3 is 2.97 bits per heavy atom. The zero-order valence-electron chi connectivity index (χ0n) is 18.6. The first-order chi connectivity index (χ1) is 16.9. The van der Waals surface area contributed by atoms with Gasteiger partial charge in [-0.3, -0.25) is 4.79 Å². The van der Waals surface area contributed by atoms with Crippen LogP contribution >= 0.6 is 11.3 Å². The SMILES string of the molecule is CC(O)C(=O)N1CC[C@H](Oc2c(C#N)cccc2-c2ncnc(Nc3scnc3CO)n2)[C@H](F)C1. The summed E-state index contributed by atoms with van der Waals surface area (Å²) < 4.78 is 21.0. The van der Waals surface area contributed by atoms with Crippen LogP contribution in [0.3, 0.4) is 0 Å². The van der Waals surface area contributed by atoms with E-state index in [0.717, 1.165) is 0 Å². The summed E-state index contributed by atoms with van der Waals surface area (Å²) in [6, 6.07) is 6.89. The molecular weight excluding hydrogens is 477 g/mol. The third-order valence-electron chi connectivity index (χ3n) is 5.38. The molecule has 0 spiro atoms. The Morgan fingerprint density at radius 2 is 2.26 bits per heavy atom. The van der Waals surface area contributed by atoms with E-state index in [2.05, 4.69) is 31.3 Å². The van der Waals surface area contributed by atoms with Crippen LogP contribution in [0.25, 0.3) is 11.4 Å². The molecule has 1 fully saturated rings. The summed E-state index contributed by atoms with van der Waals surface area (Å²) in [5.74, 6) is -0.0268. The number of nitrogens with zero attached hydrogens (tertiary/aromatic N) is 6. The van der Waals surface area contributed by atoms with E-state index in [1.54, 1.807) is 23.7 Å². The Balaban J connectivity index is 1.60. The second-order valence-electron chi connectivity index (χ2n) is 7.76. The average molecular weight is 500 g/mol. The van der Waals surface area contributed by atoms with Gasteiger partial charge in [0, 0.05) is 13.0 Å². The monoisotopic (exact) mass is 499 g/mol. The number of hydrogen-bond acceptors (Lipinski definition) is 11. The van der Waals surface area contributed by atoms with Crippen LogP contribution in [0.4, 0.5) is 15.3 Å². The molecule has 1 aliphatic heterocycles. The van der Waals surface area contributed by atoms with Gasteiger partial charge in [-0.15, -0.1) is 11.3 Å². The van der Waals surface area contributed by atoms with Gasteiger partial charge >= 0.3 is 0 Å². The number of piperidine rings is 1. The lowest BCUT2D eigenvalue weighted by Crippen LogP contribution is -2.51. The number of carbonyl (C=O) groups is 1. The van der Waals surface area contributed by atoms with Crippen LogP contribution in [0.5, 0.6) is 5.75 Å². The number of anilines is 2. The number of aromatic nitrogens is 4. The molecule has 3 heterocycles. The van der Waals surface area contributed by atoms with Crippen molar-refractivity contribution in [3.05, 3.63) is 41.3 Å². The number of para-hydroxylation sites is 1. The fraction of sp³-hybridized carbons (Fsp3) is 0.364. The number of nitriles is 1. The number of likely N-dealkylation sites (tertiary alicyclic amines) is 1. The number of ether oxygens (including phenoxy) is 1. The predicted molar refractivity (Wildman–Crippen MR) is 123 cm³/mol. The van der Waals surface area contributed by atoms with Gasteiger partial charge in [0.05, 0.1) is 29.8 Å². The maximum atomic E-state index is 15.0. The van der Waals surface area contributed by atoms with Crippen molar-refractivity contribution < 1.29 is 24.1 Å². The van der Waals surface area contributed by atoms with E-state index in [0.29, 0.717) is 16.3 Å². The fourth-order valence-corrected chi connectivity index (χ4v) is 4.32. The quantitative estimate of drug-likeness (QED) is 0.438. The standard InChI is InChI=1S/C22H22FN7O4S/c1-12(32)21(33)30-6-5-17(15(23)8-30)34-18-13(7-24)3-2-4-14(18)19-25-10-26-22(28-19)29-20-16(9-31)27-11-35-20/h2-4,10-12,15,17,31-32H,5-6,8-9H2,1H3,(H,25,26,28,29)/t12?,15-,17+/m1/s1. The molecule has 11 nitrogen and oxygen atoms in total. The van der Waals surface area contributed by atoms with Gasteiger partial charge in [-0.2, -0.15) is 10.2 Å². The maximum Gasteiger partial charge on any atom is 0.251 e. The normalized spacial score (nSPS) is 18.5. The first-order valence-electron chi connectivity index (χ1n) is 10.7. The third kappa shape index (κ3) is 5.35. The molecule has 1 amide bonds. The van der Waals surface area contributed by atoms with Gasteiger partial charge in [0.15, 0.2) is 12.0 Å². The van der Waals surface area contributed by atoms with Crippen molar-refractivity contribution in [2.75, 3.05) is 18.4 Å². The largest absolute Gasteiger partial charge is 0.485 e. The van der Waals surface area contributed by atoms with Gasteiger partial charge in [0.2, 0.25) is 5.95 Å². The molecule has 0 saturated carbocycles. The maximum absolute atomic E-state index is 15.0. The Kier molecular flexibility index (Phi) is 7.45. The molecule has 2 aromatic heterocycles. The number of benzene rings is 1. The lowest BCUT2D eigenvalue weighted by molar-refractivity contribution is -0.143. The second-order valence-corrected chi connectivity index (χ2v) is 8.61. The first kappa shape index (κ1) is 24.4. The molecule has 0 radical (unpaired) electrons. The molecule has 182 valence electrons. The summed E-state index contributed by atoms with van der Waals surface area (Å²) in [6.07, 6.45) is -2.19. The Hall–Kier alpha value is -3.73. The lowest BCUT2D eigenvalue weighted by Gasteiger charge is -2.35. The number of aliphatic hydroxyl groups is 2. The Bertz CT molecular complexity index is 1250. The predicted octanol–water partition coefficient (Wildman–Crippen LogP) is 1.80. The number of aliphatic hydroxyl groups excluding tert-OH is 2. The van der Waals surface area contributed by atoms with Crippen molar-refractivity contribution in [2.45, 2.75) is 38.3 Å². The zero-order chi connectivity index (χ0) is 24.9. The van der Waals surface area contributed by atoms with E-state index >= 15 is 0 Å². The van der Waals surface area contributed by atoms with Crippen LogP contribution in [0.15, 0.2) is 30.0 Å². The highest BCUT2D eigenvalue weighted by Gasteiger charge is 2.35. The summed E-state index contributed by atoms with van der Waals surface area (Å²) in [4.78, 5) is 30.0. The summed E-state index contributed by atoms with van der Waals surface area (Å²) >= 11 is 1.27. The number of hydrogen-bond donors (Lipinski definition) is 3. The number of rotatable bonds is 7. The van der Waals surface area contributed by atoms with Crippen molar-refractivity contribution in [3.63, 3.8) is 0 Å². The summed E-state index contributed by atoms with van der Waals surface area (Å²) in [5.41, 5.74) is 2.57. The molecule has 0 bridgehead atoms. The summed E-state index contributed by atoms with van der Waals surface area (Å²) in [5, 5.41) is 32.1. The van der Waals surface area contributed by atoms with E-state index in [-0.39, 0.29) is 49.2 Å². The van der Waals surface area contributed by atoms with Crippen LogP contribution in [-0.4, -0.2) is 72.4 Å². The smallest absolute Gasteiger partial charge is 0.251 e. The highest BCUT2D eigenvalue weighted by atomic mass is 32.1. The second kappa shape index (κ2) is 10.7. The van der Waals surface area contributed by atoms with Gasteiger partial charge in [0.25, 0.3) is 5.91 Å². The van der Waals surface area contributed by atoms with Crippen molar-refractivity contribution in [1.82, 2.24) is 24.8 Å². The highest BCUT2D eigenvalue weighted by Crippen LogP contribution is 2.34. The van der Waals surface area contributed by atoms with Crippen LogP contribution in [0.2, 0.25) is 0 Å². The van der Waals surface area contributed by atoms with Crippen molar-refractivity contribution in [1.29, 1.82) is 5.26 Å². The van der Waals surface area contributed by atoms with Crippen molar-refractivity contribution in [3.8, 4) is 23.2 Å². The highest BCUT2D eigenvalue weighted by molar-refractivity contribution is 7.14. The Morgan fingerprint density at radius 1 is 1.43 bits per heavy atom. The van der Waals surface area contributed by atoms with Crippen LogP contribution in [-0.2, 0) is 11.4 Å². The van der Waals surface area contributed by atoms with E-state index in [4.69, 9.17) is 4.74 Å². The summed E-state index contributed by atoms with van der Waals surface area (Å²) in [6.45, 7) is 1.07. The molecule has 0 aliphatic carbocycles. The van der Waals surface area contributed by atoms with E-state index in [9.17, 15) is 24.7 Å². The van der Waals surface area contributed by atoms with Crippen LogP contribution in [0.1, 0.15) is 24.6 Å². The number of halogens is 1. The number of amides is 1.